The van der Waals surface area contributed by atoms with Crippen LogP contribution in [0.5, 0.6) is 0 Å². The Hall–Kier alpha value is -3.62. The number of aliphatic hydroxyl groups excluding tert-OH is 1. The summed E-state index contributed by atoms with van der Waals surface area (Å²) in [4.78, 5) is 55.1. The third-order valence-corrected chi connectivity index (χ3v) is 14.2. The normalized spacial score (nSPS) is 42.5. The largest absolute Gasteiger partial charge is 0.509 e. The molecule has 0 spiro atoms. The predicted molar refractivity (Wildman–Crippen MR) is 235 cm³/mol. The molecule has 0 aromatic heterocycles. The highest BCUT2D eigenvalue weighted by Crippen LogP contribution is 2.44. The first-order chi connectivity index (χ1) is 30.8. The molecule has 18 heteroatoms. The molecule has 4 aliphatic heterocycles. The third-order valence-electron chi connectivity index (χ3n) is 14.2. The summed E-state index contributed by atoms with van der Waals surface area (Å²) in [5.74, 6) is -4.70. The van der Waals surface area contributed by atoms with Crippen LogP contribution < -0.4 is 0 Å². The minimum Gasteiger partial charge on any atom is -0.458 e. The van der Waals surface area contributed by atoms with Crippen LogP contribution in [0.3, 0.4) is 0 Å². The zero-order valence-electron chi connectivity index (χ0n) is 41.1. The quantitative estimate of drug-likeness (QED) is 0.201. The molecule has 0 radical (unpaired) electrons. The number of carbonyl (C=O) groups excluding carboxylic acids is 4. The van der Waals surface area contributed by atoms with Crippen molar-refractivity contribution in [1.29, 1.82) is 0 Å². The molecule has 0 aliphatic carbocycles. The van der Waals surface area contributed by atoms with E-state index in [1.807, 2.05) is 56.3 Å². The molecule has 18 nitrogen and oxygen atoms in total. The van der Waals surface area contributed by atoms with Crippen LogP contribution in [0.1, 0.15) is 107 Å². The Morgan fingerprint density at radius 2 is 1.55 bits per heavy atom. The molecular weight excluding hydrogens is 863 g/mol. The zero-order chi connectivity index (χ0) is 49.1. The van der Waals surface area contributed by atoms with E-state index in [0.717, 1.165) is 5.56 Å². The van der Waals surface area contributed by atoms with Crippen molar-refractivity contribution in [2.24, 2.45) is 23.7 Å². The second-order valence-electron chi connectivity index (χ2n) is 19.8. The van der Waals surface area contributed by atoms with Gasteiger partial charge < -0.3 is 67.2 Å². The first-order valence-electron chi connectivity index (χ1n) is 23.2. The van der Waals surface area contributed by atoms with Crippen LogP contribution in [0.2, 0.25) is 0 Å². The van der Waals surface area contributed by atoms with Crippen LogP contribution in [0, 0.1) is 23.7 Å². The van der Waals surface area contributed by atoms with E-state index in [4.69, 9.17) is 52.1 Å². The van der Waals surface area contributed by atoms with Crippen molar-refractivity contribution >= 4 is 24.2 Å². The number of likely N-dealkylation sites (N-methyl/N-ethyl adjacent to an activating group) is 1. The number of hydrogen-bond donors (Lipinski definition) is 2. The van der Waals surface area contributed by atoms with Crippen LogP contribution in [-0.4, -0.2) is 151 Å². The van der Waals surface area contributed by atoms with Gasteiger partial charge >= 0.3 is 24.2 Å². The van der Waals surface area contributed by atoms with Gasteiger partial charge in [-0.05, 0) is 86.4 Å². The van der Waals surface area contributed by atoms with Crippen molar-refractivity contribution in [1.82, 2.24) is 4.90 Å². The maximum Gasteiger partial charge on any atom is 0.509 e. The van der Waals surface area contributed by atoms with E-state index in [-0.39, 0.29) is 38.0 Å². The third kappa shape index (κ3) is 12.0. The highest BCUT2D eigenvalue weighted by atomic mass is 16.8. The average molecular weight is 938 g/mol. The Morgan fingerprint density at radius 3 is 2.15 bits per heavy atom. The van der Waals surface area contributed by atoms with E-state index in [1.165, 1.54) is 14.0 Å². The van der Waals surface area contributed by atoms with E-state index in [0.29, 0.717) is 6.42 Å². The summed E-state index contributed by atoms with van der Waals surface area (Å²) in [7, 11) is 5.20. The summed E-state index contributed by atoms with van der Waals surface area (Å²) in [5, 5.41) is 24.8. The Balaban J connectivity index is 1.56. The number of ether oxygens (including phenoxy) is 11. The highest BCUT2D eigenvalue weighted by Gasteiger charge is 2.59. The molecule has 0 unspecified atom stereocenters. The fourth-order valence-corrected chi connectivity index (χ4v) is 10.6. The number of methoxy groups -OCH3 is 1. The Labute approximate surface area is 389 Å². The van der Waals surface area contributed by atoms with E-state index < -0.39 is 126 Å². The number of rotatable bonds is 11. The molecule has 0 saturated carbocycles. The molecule has 1 aromatic carbocycles. The Kier molecular flexibility index (Phi) is 17.6. The highest BCUT2D eigenvalue weighted by molar-refractivity contribution is 5.73. The molecule has 0 amide bonds. The van der Waals surface area contributed by atoms with Gasteiger partial charge in [-0.15, -0.1) is 0 Å². The van der Waals surface area contributed by atoms with Crippen molar-refractivity contribution in [3.8, 4) is 0 Å². The van der Waals surface area contributed by atoms with Crippen molar-refractivity contribution < 1.29 is 81.5 Å². The lowest BCUT2D eigenvalue weighted by Gasteiger charge is -2.49. The van der Waals surface area contributed by atoms with E-state index in [1.54, 1.807) is 62.3 Å². The summed E-state index contributed by atoms with van der Waals surface area (Å²) in [6.07, 6.45) is -12.2. The van der Waals surface area contributed by atoms with Gasteiger partial charge in [-0.1, -0.05) is 58.0 Å². The van der Waals surface area contributed by atoms with E-state index >= 15 is 0 Å². The summed E-state index contributed by atoms with van der Waals surface area (Å²) < 4.78 is 67.6. The minimum atomic E-state index is -1.81. The SMILES string of the molecule is CC[C@@H]1OC(=O)[C@H](C)[C@H](O[C@H]2C[C@](C)(OC)[C@H](OC(=O)OCc3ccccc3)[C@@H](C)O2)[C@H](C)[C@@H](O[C@@H]2O[C@H](C)C[C@H](N(C)C)[C@H]2OC(C)=O)[C@@](C)(O)C[C@@H](C)[C@H](O)[C@H](C)[C@H]2OC(=O)O[C@]12C. The van der Waals surface area contributed by atoms with E-state index in [2.05, 4.69) is 0 Å². The first kappa shape index (κ1) is 53.3. The molecule has 5 rings (SSSR count). The van der Waals surface area contributed by atoms with Gasteiger partial charge in [0.1, 0.15) is 18.3 Å². The number of fused-ring (bicyclic) bond motifs is 1. The number of cyclic esters (lactones) is 1. The van der Waals surface area contributed by atoms with E-state index in [9.17, 15) is 29.4 Å². The molecule has 4 aliphatic rings. The molecule has 4 fully saturated rings. The van der Waals surface area contributed by atoms with Crippen molar-refractivity contribution in [2.75, 3.05) is 21.2 Å². The molecule has 66 heavy (non-hydrogen) atoms. The maximum absolute atomic E-state index is 14.7. The van der Waals surface area contributed by atoms with Crippen molar-refractivity contribution in [3.63, 3.8) is 0 Å². The summed E-state index contributed by atoms with van der Waals surface area (Å²) in [6.45, 7) is 18.5. The number of hydrogen-bond acceptors (Lipinski definition) is 18. The fraction of sp³-hybridized carbons (Fsp3) is 0.792. The van der Waals surface area contributed by atoms with Gasteiger partial charge in [-0.25, -0.2) is 9.59 Å². The van der Waals surface area contributed by atoms with Gasteiger partial charge in [-0.3, -0.25) is 9.59 Å². The van der Waals surface area contributed by atoms with Gasteiger partial charge in [0.2, 0.25) is 0 Å². The van der Waals surface area contributed by atoms with Gasteiger partial charge in [0, 0.05) is 32.3 Å². The van der Waals surface area contributed by atoms with Gasteiger partial charge in [-0.2, -0.15) is 0 Å². The van der Waals surface area contributed by atoms with Crippen LogP contribution in [0.15, 0.2) is 30.3 Å². The van der Waals surface area contributed by atoms with Gasteiger partial charge in [0.05, 0.1) is 48.1 Å². The summed E-state index contributed by atoms with van der Waals surface area (Å²) >= 11 is 0. The number of nitrogens with zero attached hydrogens (tertiary/aromatic N) is 1. The lowest BCUT2D eigenvalue weighted by molar-refractivity contribution is -0.319. The Bertz CT molecular complexity index is 1800. The Morgan fingerprint density at radius 1 is 0.879 bits per heavy atom. The van der Waals surface area contributed by atoms with Gasteiger partial charge in [0.15, 0.2) is 36.5 Å². The molecule has 374 valence electrons. The van der Waals surface area contributed by atoms with Crippen LogP contribution in [0.25, 0.3) is 0 Å². The standard InChI is InChI=1S/C48H75NO17/c1-15-34-48(11)40(64-45(54)66-48)27(4)36(51)25(2)22-46(9,55)39(63-43-38(60-31(8)50)33(49(12)13)21-26(3)58-43)28(5)37(29(6)42(52)61-34)62-35-23-47(10,56-14)41(30(7)59-35)65-44(53)57-24-32-19-17-16-18-20-32/h16-20,25-30,33-41,43,51,55H,15,21-24H2,1-14H3/t25-,26-,27+,28+,29-,30-,33+,34+,35+,36+,37-,38-,39-,40-,41-,43+,46+,47+,48-/m1/s1. The van der Waals surface area contributed by atoms with Crippen LogP contribution >= 0.6 is 0 Å². The second kappa shape index (κ2) is 21.8. The molecule has 4 heterocycles. The molecule has 2 N–H and O–H groups in total. The topological polar surface area (TPSA) is 214 Å². The van der Waals surface area contributed by atoms with Crippen LogP contribution in [-0.2, 0) is 68.3 Å². The summed E-state index contributed by atoms with van der Waals surface area (Å²) in [6, 6.07) is 8.83. The van der Waals surface area contributed by atoms with Crippen molar-refractivity contribution in [2.45, 2.75) is 199 Å². The first-order valence-corrected chi connectivity index (χ1v) is 23.2. The van der Waals surface area contributed by atoms with Gasteiger partial charge in [0.25, 0.3) is 0 Å². The zero-order valence-corrected chi connectivity index (χ0v) is 41.1. The molecular formula is C48H75NO17. The van der Waals surface area contributed by atoms with Crippen LogP contribution in [0.4, 0.5) is 9.59 Å². The molecule has 1 aromatic rings. The van der Waals surface area contributed by atoms with Crippen molar-refractivity contribution in [3.05, 3.63) is 35.9 Å². The predicted octanol–water partition coefficient (Wildman–Crippen LogP) is 5.69. The molecule has 0 bridgehead atoms. The number of aliphatic hydroxyl groups is 2. The lowest BCUT2D eigenvalue weighted by atomic mass is 9.73. The minimum absolute atomic E-state index is 0.00537. The monoisotopic (exact) mass is 938 g/mol. The maximum atomic E-state index is 14.7. The smallest absolute Gasteiger partial charge is 0.458 e. The number of benzene rings is 1. The fourth-order valence-electron chi connectivity index (χ4n) is 10.6. The second-order valence-corrected chi connectivity index (χ2v) is 19.8. The average Bonchev–Trinajstić information content (AvgIpc) is 3.57. The lowest BCUT2D eigenvalue weighted by Crippen LogP contribution is -2.62. The molecule has 19 atom stereocenters. The molecule has 4 saturated heterocycles. The number of esters is 2. The number of carbonyl (C=O) groups is 4. The summed E-state index contributed by atoms with van der Waals surface area (Å²) in [5.41, 5.74) is -3.73.